The van der Waals surface area contributed by atoms with Crippen LogP contribution in [0.5, 0.6) is 0 Å². The van der Waals surface area contributed by atoms with Gasteiger partial charge in [-0.2, -0.15) is 0 Å². The summed E-state index contributed by atoms with van der Waals surface area (Å²) in [5, 5.41) is 3.38. The van der Waals surface area contributed by atoms with Crippen molar-refractivity contribution in [2.45, 2.75) is 10.6 Å². The standard InChI is InChI=1S/C18H22N4OS2/c1-21-8-7-20-16(21)15-12-19-6-9-22(15)17(23)13-2-4-14(5-3-13)18-24-10-11-25-18/h2-5,7-8,15,18-19H,6,9-12H2,1H3. The Morgan fingerprint density at radius 3 is 2.68 bits per heavy atom. The van der Waals surface area contributed by atoms with Crippen LogP contribution in [0.3, 0.4) is 0 Å². The van der Waals surface area contributed by atoms with Crippen molar-refractivity contribution in [2.75, 3.05) is 31.1 Å². The topological polar surface area (TPSA) is 50.2 Å². The molecule has 0 bridgehead atoms. The second-order valence-electron chi connectivity index (χ2n) is 6.31. The number of aromatic nitrogens is 2. The number of imidazole rings is 1. The van der Waals surface area contributed by atoms with E-state index in [2.05, 4.69) is 22.4 Å². The number of nitrogens with one attached hydrogen (secondary N) is 1. The Bertz CT molecular complexity index is 740. The Morgan fingerprint density at radius 2 is 2.00 bits per heavy atom. The number of aryl methyl sites for hydroxylation is 1. The highest BCUT2D eigenvalue weighted by atomic mass is 32.2. The minimum absolute atomic E-state index is 0.0260. The second-order valence-corrected chi connectivity index (χ2v) is 9.03. The fraction of sp³-hybridized carbons (Fsp3) is 0.444. The summed E-state index contributed by atoms with van der Waals surface area (Å²) in [7, 11) is 1.98. The summed E-state index contributed by atoms with van der Waals surface area (Å²) in [6, 6.07) is 8.16. The summed E-state index contributed by atoms with van der Waals surface area (Å²) < 4.78 is 2.51. The first-order valence-corrected chi connectivity index (χ1v) is 10.7. The van der Waals surface area contributed by atoms with Crippen LogP contribution in [0.2, 0.25) is 0 Å². The van der Waals surface area contributed by atoms with E-state index in [1.165, 1.54) is 17.1 Å². The van der Waals surface area contributed by atoms with Gasteiger partial charge in [-0.3, -0.25) is 4.79 Å². The van der Waals surface area contributed by atoms with Gasteiger partial charge in [-0.1, -0.05) is 12.1 Å². The van der Waals surface area contributed by atoms with Gasteiger partial charge in [-0.15, -0.1) is 23.5 Å². The molecule has 1 N–H and O–H groups in total. The first-order chi connectivity index (χ1) is 12.2. The highest BCUT2D eigenvalue weighted by Crippen LogP contribution is 2.45. The second kappa shape index (κ2) is 7.43. The van der Waals surface area contributed by atoms with Crippen LogP contribution >= 0.6 is 23.5 Å². The summed E-state index contributed by atoms with van der Waals surface area (Å²) in [6.07, 6.45) is 3.72. The van der Waals surface area contributed by atoms with E-state index in [1.54, 1.807) is 6.20 Å². The molecule has 1 atom stereocenters. The molecule has 2 aliphatic heterocycles. The highest BCUT2D eigenvalue weighted by molar-refractivity contribution is 8.19. The molecular weight excluding hydrogens is 352 g/mol. The number of carbonyl (C=O) groups is 1. The SMILES string of the molecule is Cn1ccnc1C1CNCCN1C(=O)c1ccc(C2SCCS2)cc1. The number of hydrogen-bond donors (Lipinski definition) is 1. The quantitative estimate of drug-likeness (QED) is 0.895. The van der Waals surface area contributed by atoms with E-state index in [0.717, 1.165) is 24.5 Å². The average Bonchev–Trinajstić information content (AvgIpc) is 3.33. The maximum atomic E-state index is 13.1. The zero-order valence-corrected chi connectivity index (χ0v) is 15.9. The Labute approximate surface area is 156 Å². The van der Waals surface area contributed by atoms with Crippen molar-refractivity contribution in [3.8, 4) is 0 Å². The lowest BCUT2D eigenvalue weighted by Gasteiger charge is -2.35. The Morgan fingerprint density at radius 1 is 1.24 bits per heavy atom. The van der Waals surface area contributed by atoms with Gasteiger partial charge in [0.15, 0.2) is 0 Å². The molecule has 25 heavy (non-hydrogen) atoms. The monoisotopic (exact) mass is 374 g/mol. The highest BCUT2D eigenvalue weighted by Gasteiger charge is 2.31. The molecule has 0 aliphatic carbocycles. The van der Waals surface area contributed by atoms with Crippen molar-refractivity contribution in [1.82, 2.24) is 19.8 Å². The molecule has 2 fully saturated rings. The fourth-order valence-electron chi connectivity index (χ4n) is 3.38. The number of piperazine rings is 1. The molecule has 0 radical (unpaired) electrons. The first-order valence-electron chi connectivity index (χ1n) is 8.56. The zero-order chi connectivity index (χ0) is 17.2. The largest absolute Gasteiger partial charge is 0.336 e. The number of thioether (sulfide) groups is 2. The molecule has 5 nitrogen and oxygen atoms in total. The van der Waals surface area contributed by atoms with Crippen LogP contribution in [-0.2, 0) is 7.05 Å². The third-order valence-electron chi connectivity index (χ3n) is 4.71. The van der Waals surface area contributed by atoms with Gasteiger partial charge < -0.3 is 14.8 Å². The van der Waals surface area contributed by atoms with Gasteiger partial charge in [0.25, 0.3) is 5.91 Å². The van der Waals surface area contributed by atoms with Crippen molar-refractivity contribution in [3.05, 3.63) is 53.6 Å². The Kier molecular flexibility index (Phi) is 5.05. The molecule has 2 saturated heterocycles. The maximum absolute atomic E-state index is 13.1. The van der Waals surface area contributed by atoms with Crippen LogP contribution < -0.4 is 5.32 Å². The van der Waals surface area contributed by atoms with Crippen LogP contribution in [0, 0.1) is 0 Å². The number of benzene rings is 1. The van der Waals surface area contributed by atoms with Crippen LogP contribution in [0.1, 0.15) is 32.4 Å². The van der Waals surface area contributed by atoms with E-state index in [0.29, 0.717) is 11.1 Å². The molecule has 2 aliphatic rings. The molecule has 0 spiro atoms. The third-order valence-corrected chi connectivity index (χ3v) is 7.82. The number of carbonyl (C=O) groups excluding carboxylic acids is 1. The molecule has 7 heteroatoms. The van der Waals surface area contributed by atoms with Crippen molar-refractivity contribution < 1.29 is 4.79 Å². The lowest BCUT2D eigenvalue weighted by Crippen LogP contribution is -2.49. The fourth-order valence-corrected chi connectivity index (χ4v) is 6.24. The van der Waals surface area contributed by atoms with E-state index in [9.17, 15) is 4.79 Å². The van der Waals surface area contributed by atoms with Gasteiger partial charge >= 0.3 is 0 Å². The van der Waals surface area contributed by atoms with Crippen LogP contribution in [0.4, 0.5) is 0 Å². The third kappa shape index (κ3) is 3.45. The molecule has 3 heterocycles. The van der Waals surface area contributed by atoms with Crippen molar-refractivity contribution in [2.24, 2.45) is 7.05 Å². The molecular formula is C18H22N4OS2. The molecule has 1 aromatic carbocycles. The smallest absolute Gasteiger partial charge is 0.254 e. The predicted octanol–water partition coefficient (Wildman–Crippen LogP) is 2.69. The van der Waals surface area contributed by atoms with Gasteiger partial charge in [-0.25, -0.2) is 4.98 Å². The number of amides is 1. The number of hydrogen-bond acceptors (Lipinski definition) is 5. The molecule has 1 unspecified atom stereocenters. The minimum Gasteiger partial charge on any atom is -0.336 e. The molecule has 132 valence electrons. The van der Waals surface area contributed by atoms with Gasteiger partial charge in [0.2, 0.25) is 0 Å². The zero-order valence-electron chi connectivity index (χ0n) is 14.2. The Hall–Kier alpha value is -1.44. The summed E-state index contributed by atoms with van der Waals surface area (Å²) in [5.74, 6) is 3.44. The van der Waals surface area contributed by atoms with Crippen LogP contribution in [0.25, 0.3) is 0 Å². The van der Waals surface area contributed by atoms with Gasteiger partial charge in [0, 0.05) is 56.1 Å². The van der Waals surface area contributed by atoms with Gasteiger partial charge in [0.1, 0.15) is 11.9 Å². The summed E-state index contributed by atoms with van der Waals surface area (Å²) in [5.41, 5.74) is 2.07. The maximum Gasteiger partial charge on any atom is 0.254 e. The van der Waals surface area contributed by atoms with E-state index < -0.39 is 0 Å². The van der Waals surface area contributed by atoms with E-state index in [-0.39, 0.29) is 11.9 Å². The summed E-state index contributed by atoms with van der Waals surface area (Å²) in [6.45, 7) is 2.26. The molecule has 1 aromatic heterocycles. The molecule has 1 amide bonds. The van der Waals surface area contributed by atoms with Gasteiger partial charge in [-0.05, 0) is 17.7 Å². The number of rotatable bonds is 3. The normalized spacial score (nSPS) is 21.6. The molecule has 4 rings (SSSR count). The van der Waals surface area contributed by atoms with E-state index in [4.69, 9.17) is 0 Å². The lowest BCUT2D eigenvalue weighted by atomic mass is 10.1. The minimum atomic E-state index is -0.0260. The van der Waals surface area contributed by atoms with E-state index in [1.807, 2.05) is 58.4 Å². The summed E-state index contributed by atoms with van der Waals surface area (Å²) in [4.78, 5) is 19.5. The lowest BCUT2D eigenvalue weighted by molar-refractivity contribution is 0.0621. The van der Waals surface area contributed by atoms with E-state index >= 15 is 0 Å². The molecule has 0 saturated carbocycles. The number of nitrogens with zero attached hydrogens (tertiary/aromatic N) is 3. The van der Waals surface area contributed by atoms with Crippen LogP contribution in [0.15, 0.2) is 36.7 Å². The van der Waals surface area contributed by atoms with Crippen molar-refractivity contribution in [1.29, 1.82) is 0 Å². The van der Waals surface area contributed by atoms with Crippen molar-refractivity contribution >= 4 is 29.4 Å². The molecule has 2 aromatic rings. The first kappa shape index (κ1) is 17.0. The average molecular weight is 375 g/mol. The van der Waals surface area contributed by atoms with Gasteiger partial charge in [0.05, 0.1) is 4.58 Å². The Balaban J connectivity index is 1.55. The summed E-state index contributed by atoms with van der Waals surface area (Å²) >= 11 is 3.97. The van der Waals surface area contributed by atoms with Crippen LogP contribution in [-0.4, -0.2) is 51.5 Å². The van der Waals surface area contributed by atoms with Crippen molar-refractivity contribution in [3.63, 3.8) is 0 Å². The predicted molar refractivity (Wildman–Crippen MR) is 104 cm³/mol.